The van der Waals surface area contributed by atoms with Crippen molar-refractivity contribution >= 4 is 62.8 Å². The Hall–Kier alpha value is -12.7. The van der Waals surface area contributed by atoms with Crippen molar-refractivity contribution in [3.05, 3.63) is 238 Å². The first-order valence-electron chi connectivity index (χ1n) is 32.9. The van der Waals surface area contributed by atoms with E-state index in [1.807, 2.05) is 30.3 Å². The summed E-state index contributed by atoms with van der Waals surface area (Å²) in [6.45, 7) is 0.874. The highest BCUT2D eigenvalue weighted by atomic mass is 16.6. The zero-order chi connectivity index (χ0) is 68.5. The molecule has 1 aliphatic carbocycles. The standard InChI is InChI=1S/C75H64N12O13/c76-68(88)69(89)80-38-8-12-52(45-80)86-61-33-36-78-43-64(61)84(74(86)94)49-22-28-56(29-23-49)97-58-16-7-17-59(41-58)99-71(91)47-10-6-11-51(40-47)85-60-32-35-77-42-63(60)82(73(85)93)50-24-30-57(31-25-50)98-66-18-4-5-19-67(66)100-72(92)70(90)81-39-9-13-53(46-81)87-62-34-37-79-44-65(62)83(75(87)95)48-20-26-55(27-21-48)96-54-14-2-1-3-15-54/h1-5,7,14-37,41-44,47,51-53H,6,8-13,38-40,45-46H2,(H2,76,88). The van der Waals surface area contributed by atoms with Gasteiger partial charge in [0, 0.05) is 56.9 Å². The molecule has 2 saturated heterocycles. The summed E-state index contributed by atoms with van der Waals surface area (Å²) in [7, 11) is 0. The molecule has 100 heavy (non-hydrogen) atoms. The number of carbonyl (C=O) groups excluding carboxylic acids is 5. The van der Waals surface area contributed by atoms with E-state index in [0.29, 0.717) is 137 Å². The fourth-order valence-electron chi connectivity index (χ4n) is 14.1. The van der Waals surface area contributed by atoms with Crippen molar-refractivity contribution in [2.45, 2.75) is 69.5 Å². The van der Waals surface area contributed by atoms with Gasteiger partial charge >= 0.3 is 46.7 Å². The normalized spacial score (nSPS) is 17.0. The Kier molecular flexibility index (Phi) is 17.2. The minimum absolute atomic E-state index is 0.000453. The summed E-state index contributed by atoms with van der Waals surface area (Å²) in [5.41, 5.74) is 9.58. The van der Waals surface area contributed by atoms with Crippen molar-refractivity contribution in [1.82, 2.24) is 52.2 Å². The monoisotopic (exact) mass is 1340 g/mol. The molecule has 25 heteroatoms. The van der Waals surface area contributed by atoms with Crippen LogP contribution < -0.4 is 46.5 Å². The molecule has 4 atom stereocenters. The van der Waals surface area contributed by atoms with E-state index in [2.05, 4.69) is 15.0 Å². The molecule has 502 valence electrons. The average Bonchev–Trinajstić information content (AvgIpc) is 1.61. The molecule has 3 fully saturated rings. The number of primary amides is 1. The number of ether oxygens (including phenoxy) is 5. The number of aromatic nitrogens is 9. The van der Waals surface area contributed by atoms with Gasteiger partial charge in [-0.25, -0.2) is 19.2 Å². The zero-order valence-electron chi connectivity index (χ0n) is 53.7. The van der Waals surface area contributed by atoms with Crippen LogP contribution in [-0.4, -0.2) is 108 Å². The maximum Gasteiger partial charge on any atom is 0.402 e. The molecule has 2 aliphatic heterocycles. The Morgan fingerprint density at radius 3 is 1.35 bits per heavy atom. The first-order valence-corrected chi connectivity index (χ1v) is 32.9. The largest absolute Gasteiger partial charge is 0.457 e. The molecule has 3 aliphatic rings. The van der Waals surface area contributed by atoms with E-state index in [9.17, 15) is 38.4 Å². The number of amides is 3. The van der Waals surface area contributed by atoms with Gasteiger partial charge in [0.15, 0.2) is 11.5 Å². The number of imidazole rings is 3. The van der Waals surface area contributed by atoms with Gasteiger partial charge in [-0.05, 0) is 172 Å². The van der Waals surface area contributed by atoms with E-state index in [1.54, 1.807) is 198 Å². The van der Waals surface area contributed by atoms with Gasteiger partial charge in [0.05, 0.1) is 86.8 Å². The number of piperidine rings is 2. The first-order chi connectivity index (χ1) is 48.8. The number of nitrogens with zero attached hydrogens (tertiary/aromatic N) is 11. The molecule has 6 aromatic carbocycles. The molecule has 25 nitrogen and oxygen atoms in total. The lowest BCUT2D eigenvalue weighted by Crippen LogP contribution is -2.47. The number of nitrogens with two attached hydrogens (primary N) is 1. The number of carbonyl (C=O) groups is 5. The summed E-state index contributed by atoms with van der Waals surface area (Å²) in [5.74, 6) is -1.92. The SMILES string of the molecule is NC(=O)C(=O)N1CCCC(n2c(=O)n(-c3ccc(Oc4cccc(OC(=O)C5CCCC(n6c(=O)n(-c7ccc(Oc8ccccc8OC(=O)C(=O)N8CCCC(n9c(=O)n(-c%10ccc(Oc%11ccccc%11)cc%10)c%10cnccc%109)C8)cc7)c7cnccc76)C5)c4)cc3)c3cnccc32)C1. The lowest BCUT2D eigenvalue weighted by atomic mass is 9.85. The fraction of sp³-hybridized carbons (Fsp3) is 0.213. The molecule has 0 radical (unpaired) electrons. The predicted octanol–water partition coefficient (Wildman–Crippen LogP) is 10.3. The minimum atomic E-state index is -1.12. The van der Waals surface area contributed by atoms with Gasteiger partial charge in [-0.3, -0.25) is 61.5 Å². The van der Waals surface area contributed by atoms with Crippen LogP contribution in [-0.2, 0) is 24.0 Å². The highest BCUT2D eigenvalue weighted by Gasteiger charge is 2.36. The Labute approximate surface area is 569 Å². The van der Waals surface area contributed by atoms with Crippen LogP contribution in [0.1, 0.15) is 69.5 Å². The number of fused-ring (bicyclic) bond motifs is 3. The Bertz CT molecular complexity index is 5330. The van der Waals surface area contributed by atoms with Crippen molar-refractivity contribution < 1.29 is 47.7 Å². The zero-order valence-corrected chi connectivity index (χ0v) is 53.7. The van der Waals surface area contributed by atoms with Crippen LogP contribution in [0.2, 0.25) is 0 Å². The maximum absolute atomic E-state index is 14.8. The number of hydrogen-bond donors (Lipinski definition) is 1. The second-order valence-electron chi connectivity index (χ2n) is 24.9. The van der Waals surface area contributed by atoms with Crippen LogP contribution in [0.4, 0.5) is 0 Å². The third kappa shape index (κ3) is 12.4. The molecule has 0 spiro atoms. The fourth-order valence-corrected chi connectivity index (χ4v) is 14.1. The molecule has 0 bridgehead atoms. The minimum Gasteiger partial charge on any atom is -0.457 e. The molecule has 1 saturated carbocycles. The van der Waals surface area contributed by atoms with Gasteiger partial charge in [-0.15, -0.1) is 0 Å². The van der Waals surface area contributed by atoms with E-state index in [0.717, 1.165) is 0 Å². The summed E-state index contributed by atoms with van der Waals surface area (Å²) >= 11 is 0. The van der Waals surface area contributed by atoms with Gasteiger partial charge in [0.1, 0.15) is 34.5 Å². The van der Waals surface area contributed by atoms with Crippen LogP contribution in [0.25, 0.3) is 50.2 Å². The van der Waals surface area contributed by atoms with Gasteiger partial charge in [-0.2, -0.15) is 0 Å². The maximum atomic E-state index is 14.8. The number of likely N-dealkylation sites (tertiary alicyclic amines) is 2. The van der Waals surface area contributed by atoms with E-state index in [1.165, 1.54) is 15.9 Å². The highest BCUT2D eigenvalue weighted by Crippen LogP contribution is 2.38. The summed E-state index contributed by atoms with van der Waals surface area (Å²) in [6.07, 6.45) is 14.2. The van der Waals surface area contributed by atoms with Crippen molar-refractivity contribution in [3.8, 4) is 63.1 Å². The van der Waals surface area contributed by atoms with Gasteiger partial charge in [-0.1, -0.05) is 42.8 Å². The number of esters is 2. The van der Waals surface area contributed by atoms with E-state index >= 15 is 0 Å². The van der Waals surface area contributed by atoms with Crippen molar-refractivity contribution in [2.75, 3.05) is 26.2 Å². The van der Waals surface area contributed by atoms with Crippen molar-refractivity contribution in [2.24, 2.45) is 11.7 Å². The second-order valence-corrected chi connectivity index (χ2v) is 24.9. The molecule has 12 aromatic rings. The van der Waals surface area contributed by atoms with Crippen LogP contribution in [0, 0.1) is 5.92 Å². The Balaban J connectivity index is 0.584. The number of hydrogen-bond acceptors (Lipinski definition) is 16. The number of para-hydroxylation sites is 3. The summed E-state index contributed by atoms with van der Waals surface area (Å²) in [6, 6.07) is 47.5. The third-order valence-corrected chi connectivity index (χ3v) is 18.7. The molecule has 15 rings (SSSR count). The molecular weight excluding hydrogens is 1280 g/mol. The molecular formula is C75H64N12O13. The second kappa shape index (κ2) is 27.1. The van der Waals surface area contributed by atoms with Crippen LogP contribution in [0.5, 0.6) is 46.0 Å². The molecule has 6 aromatic heterocycles. The Morgan fingerprint density at radius 2 is 0.830 bits per heavy atom. The van der Waals surface area contributed by atoms with Crippen LogP contribution in [0.3, 0.4) is 0 Å². The molecule has 3 amide bonds. The van der Waals surface area contributed by atoms with Crippen LogP contribution in [0.15, 0.2) is 221 Å². The average molecular weight is 1340 g/mol. The van der Waals surface area contributed by atoms with E-state index in [4.69, 9.17) is 29.4 Å². The highest BCUT2D eigenvalue weighted by molar-refractivity contribution is 6.34. The third-order valence-electron chi connectivity index (χ3n) is 18.7. The molecule has 2 N–H and O–H groups in total. The lowest BCUT2D eigenvalue weighted by molar-refractivity contribution is -0.155. The predicted molar refractivity (Wildman–Crippen MR) is 367 cm³/mol. The molecule has 8 heterocycles. The topological polar surface area (TPSA) is 283 Å². The Morgan fingerprint density at radius 1 is 0.400 bits per heavy atom. The van der Waals surface area contributed by atoms with Crippen LogP contribution >= 0.6 is 0 Å². The van der Waals surface area contributed by atoms with E-state index in [-0.39, 0.29) is 60.0 Å². The number of rotatable bonds is 15. The first kappa shape index (κ1) is 63.4. The van der Waals surface area contributed by atoms with E-state index < -0.39 is 47.7 Å². The summed E-state index contributed by atoms with van der Waals surface area (Å²) in [4.78, 5) is 125. The lowest BCUT2D eigenvalue weighted by Gasteiger charge is -2.32. The van der Waals surface area contributed by atoms with Gasteiger partial charge < -0.3 is 39.2 Å². The summed E-state index contributed by atoms with van der Waals surface area (Å²) in [5, 5.41) is 0. The quantitative estimate of drug-likeness (QED) is 0.0567. The van der Waals surface area contributed by atoms with Gasteiger partial charge in [0.2, 0.25) is 0 Å². The summed E-state index contributed by atoms with van der Waals surface area (Å²) < 4.78 is 40.0. The van der Waals surface area contributed by atoms with Crippen molar-refractivity contribution in [3.63, 3.8) is 0 Å². The molecule has 4 unspecified atom stereocenters. The number of pyridine rings is 3. The van der Waals surface area contributed by atoms with Crippen molar-refractivity contribution in [1.29, 1.82) is 0 Å². The number of benzene rings is 6. The van der Waals surface area contributed by atoms with Gasteiger partial charge in [0.25, 0.3) is 0 Å². The smallest absolute Gasteiger partial charge is 0.402 e.